The first-order chi connectivity index (χ1) is 14.5. The van der Waals surface area contributed by atoms with Crippen molar-refractivity contribution in [1.29, 1.82) is 0 Å². The van der Waals surface area contributed by atoms with Crippen molar-refractivity contribution in [2.45, 2.75) is 37.9 Å². The molecule has 162 valence electrons. The molecule has 3 rings (SSSR count). The summed E-state index contributed by atoms with van der Waals surface area (Å²) in [7, 11) is 0. The van der Waals surface area contributed by atoms with Gasteiger partial charge in [-0.2, -0.15) is 0 Å². The van der Waals surface area contributed by atoms with Crippen LogP contribution < -0.4 is 5.32 Å². The number of ether oxygens (including phenoxy) is 1. The van der Waals surface area contributed by atoms with E-state index in [-0.39, 0.29) is 17.8 Å². The molecule has 8 heteroatoms. The zero-order chi connectivity index (χ0) is 21.5. The Bertz CT molecular complexity index is 851. The van der Waals surface area contributed by atoms with Crippen LogP contribution in [0.5, 0.6) is 0 Å². The van der Waals surface area contributed by atoms with Crippen molar-refractivity contribution in [2.24, 2.45) is 0 Å². The molecule has 0 spiro atoms. The van der Waals surface area contributed by atoms with Crippen LogP contribution in [0, 0.1) is 19.7 Å². The van der Waals surface area contributed by atoms with E-state index in [2.05, 4.69) is 20.2 Å². The van der Waals surface area contributed by atoms with E-state index >= 15 is 0 Å². The van der Waals surface area contributed by atoms with E-state index in [0.717, 1.165) is 40.8 Å². The molecule has 1 aromatic carbocycles. The Morgan fingerprint density at radius 2 is 1.97 bits per heavy atom. The maximum absolute atomic E-state index is 13.8. The number of nitrogens with zero attached hydrogens (tertiary/aromatic N) is 3. The first kappa shape index (κ1) is 22.7. The lowest BCUT2D eigenvalue weighted by atomic mass is 10.0. The van der Waals surface area contributed by atoms with Crippen LogP contribution in [-0.2, 0) is 16.0 Å². The van der Waals surface area contributed by atoms with Crippen molar-refractivity contribution in [2.75, 3.05) is 39.1 Å². The fourth-order valence-electron chi connectivity index (χ4n) is 3.76. The van der Waals surface area contributed by atoms with Crippen molar-refractivity contribution in [3.8, 4) is 0 Å². The molecule has 1 unspecified atom stereocenters. The molecule has 2 aromatic rings. The van der Waals surface area contributed by atoms with Crippen LogP contribution in [-0.4, -0.2) is 59.9 Å². The van der Waals surface area contributed by atoms with Gasteiger partial charge in [0.1, 0.15) is 5.82 Å². The monoisotopic (exact) mass is 432 g/mol. The van der Waals surface area contributed by atoms with Crippen molar-refractivity contribution < 1.29 is 13.9 Å². The van der Waals surface area contributed by atoms with Gasteiger partial charge in [-0.15, -0.1) is 0 Å². The van der Waals surface area contributed by atoms with Gasteiger partial charge in [-0.3, -0.25) is 9.69 Å². The lowest BCUT2D eigenvalue weighted by Crippen LogP contribution is -2.43. The van der Waals surface area contributed by atoms with Gasteiger partial charge in [-0.05, 0) is 49.8 Å². The molecule has 1 aliphatic heterocycles. The van der Waals surface area contributed by atoms with E-state index < -0.39 is 0 Å². The lowest BCUT2D eigenvalue weighted by molar-refractivity contribution is -0.121. The van der Waals surface area contributed by atoms with E-state index in [9.17, 15) is 9.18 Å². The summed E-state index contributed by atoms with van der Waals surface area (Å²) in [5.74, 6) is -0.297. The van der Waals surface area contributed by atoms with E-state index in [0.29, 0.717) is 32.6 Å². The number of nitrogens with one attached hydrogen (secondary N) is 1. The molecule has 0 radical (unpaired) electrons. The number of hydrogen-bond donors (Lipinski definition) is 1. The second-order valence-electron chi connectivity index (χ2n) is 7.38. The van der Waals surface area contributed by atoms with Crippen molar-refractivity contribution in [3.63, 3.8) is 0 Å². The number of halogens is 1. The first-order valence-corrected chi connectivity index (χ1v) is 11.4. The fraction of sp³-hybridized carbons (Fsp3) is 0.500. The summed E-state index contributed by atoms with van der Waals surface area (Å²) in [5, 5.41) is 3.79. The number of carbonyl (C=O) groups is 1. The number of aromatic nitrogens is 2. The summed E-state index contributed by atoms with van der Waals surface area (Å²) in [5.41, 5.74) is 3.74. The van der Waals surface area contributed by atoms with Crippen LogP contribution in [0.15, 0.2) is 29.4 Å². The molecule has 1 fully saturated rings. The van der Waals surface area contributed by atoms with Crippen molar-refractivity contribution in [1.82, 2.24) is 20.2 Å². The number of amides is 1. The Morgan fingerprint density at radius 3 is 2.60 bits per heavy atom. The quantitative estimate of drug-likeness (QED) is 0.511. The molecule has 30 heavy (non-hydrogen) atoms. The summed E-state index contributed by atoms with van der Waals surface area (Å²) >= 11 is 1.51. The number of rotatable bonds is 8. The van der Waals surface area contributed by atoms with Gasteiger partial charge in [0, 0.05) is 37.4 Å². The van der Waals surface area contributed by atoms with Gasteiger partial charge in [0.2, 0.25) is 5.91 Å². The Balaban J connectivity index is 1.62. The average Bonchev–Trinajstić information content (AvgIpc) is 2.74. The van der Waals surface area contributed by atoms with E-state index in [1.807, 2.05) is 26.2 Å². The molecule has 0 saturated carbocycles. The lowest BCUT2D eigenvalue weighted by Gasteiger charge is -2.35. The van der Waals surface area contributed by atoms with E-state index in [1.54, 1.807) is 12.1 Å². The Hall–Kier alpha value is -2.03. The third kappa shape index (κ3) is 6.00. The maximum Gasteiger partial charge on any atom is 0.220 e. The van der Waals surface area contributed by atoms with E-state index in [1.165, 1.54) is 17.8 Å². The van der Waals surface area contributed by atoms with Crippen molar-refractivity contribution in [3.05, 3.63) is 52.6 Å². The Kier molecular flexibility index (Phi) is 8.18. The highest BCUT2D eigenvalue weighted by Crippen LogP contribution is 2.22. The Labute approximate surface area is 181 Å². The number of aryl methyl sites for hydroxylation is 2. The van der Waals surface area contributed by atoms with Gasteiger partial charge in [0.15, 0.2) is 5.16 Å². The number of hydrogen-bond acceptors (Lipinski definition) is 6. The number of benzene rings is 1. The van der Waals surface area contributed by atoms with Crippen LogP contribution >= 0.6 is 11.8 Å². The molecular formula is C22H29FN4O2S. The van der Waals surface area contributed by atoms with Gasteiger partial charge in [-0.1, -0.05) is 23.9 Å². The van der Waals surface area contributed by atoms with Gasteiger partial charge < -0.3 is 10.1 Å². The molecule has 1 aromatic heterocycles. The maximum atomic E-state index is 13.8. The second kappa shape index (κ2) is 10.8. The van der Waals surface area contributed by atoms with E-state index in [4.69, 9.17) is 4.74 Å². The smallest absolute Gasteiger partial charge is 0.220 e. The third-order valence-corrected chi connectivity index (χ3v) is 5.95. The number of morpholine rings is 1. The summed E-state index contributed by atoms with van der Waals surface area (Å²) in [6, 6.07) is 6.52. The number of carbonyl (C=O) groups excluding carboxylic acids is 1. The van der Waals surface area contributed by atoms with Crippen LogP contribution in [0.2, 0.25) is 0 Å². The van der Waals surface area contributed by atoms with Gasteiger partial charge >= 0.3 is 0 Å². The summed E-state index contributed by atoms with van der Waals surface area (Å²) in [4.78, 5) is 23.8. The predicted octanol–water partition coefficient (Wildman–Crippen LogP) is 3.08. The first-order valence-electron chi connectivity index (χ1n) is 10.2. The molecule has 0 aliphatic carbocycles. The Morgan fingerprint density at radius 1 is 1.27 bits per heavy atom. The van der Waals surface area contributed by atoms with Gasteiger partial charge in [0.25, 0.3) is 0 Å². The fourth-order valence-corrected chi connectivity index (χ4v) is 4.22. The van der Waals surface area contributed by atoms with Crippen molar-refractivity contribution >= 4 is 17.7 Å². The third-order valence-electron chi connectivity index (χ3n) is 5.40. The summed E-state index contributed by atoms with van der Waals surface area (Å²) in [6.07, 6.45) is 2.91. The van der Waals surface area contributed by atoms with Crippen LogP contribution in [0.1, 0.15) is 35.0 Å². The largest absolute Gasteiger partial charge is 0.379 e. The molecule has 1 atom stereocenters. The minimum atomic E-state index is -0.267. The molecule has 1 amide bonds. The summed E-state index contributed by atoms with van der Waals surface area (Å²) < 4.78 is 19.2. The summed E-state index contributed by atoms with van der Waals surface area (Å²) in [6.45, 7) is 7.15. The van der Waals surface area contributed by atoms with Gasteiger partial charge in [-0.25, -0.2) is 14.4 Å². The SMILES string of the molecule is CSc1nc(C)c(CCC(=O)NCC(c2cccc(F)c2)N2CCOCC2)c(C)n1. The van der Waals surface area contributed by atoms with Crippen LogP contribution in [0.4, 0.5) is 4.39 Å². The number of thioether (sulfide) groups is 1. The zero-order valence-corrected chi connectivity index (χ0v) is 18.6. The van der Waals surface area contributed by atoms with Gasteiger partial charge in [0.05, 0.1) is 19.3 Å². The minimum Gasteiger partial charge on any atom is -0.379 e. The normalized spacial score (nSPS) is 15.7. The molecule has 1 N–H and O–H groups in total. The molecule has 0 bridgehead atoms. The van der Waals surface area contributed by atoms with Crippen LogP contribution in [0.3, 0.4) is 0 Å². The average molecular weight is 433 g/mol. The zero-order valence-electron chi connectivity index (χ0n) is 17.8. The topological polar surface area (TPSA) is 67.4 Å². The second-order valence-corrected chi connectivity index (χ2v) is 8.16. The molecule has 1 saturated heterocycles. The minimum absolute atomic E-state index is 0.0302. The highest BCUT2D eigenvalue weighted by molar-refractivity contribution is 7.98. The molecular weight excluding hydrogens is 403 g/mol. The standard InChI is InChI=1S/C22H29FN4O2S/c1-15-19(16(2)26-22(25-15)30-3)7-8-21(28)24-14-20(27-9-11-29-12-10-27)17-5-4-6-18(23)13-17/h4-6,13,20H,7-12,14H2,1-3H3,(H,24,28). The van der Waals surface area contributed by atoms with Crippen LogP contribution in [0.25, 0.3) is 0 Å². The molecule has 2 heterocycles. The molecule has 1 aliphatic rings. The highest BCUT2D eigenvalue weighted by atomic mass is 32.2. The predicted molar refractivity (Wildman–Crippen MR) is 116 cm³/mol. The molecule has 6 nitrogen and oxygen atoms in total. The highest BCUT2D eigenvalue weighted by Gasteiger charge is 2.23.